The van der Waals surface area contributed by atoms with Crippen LogP contribution >= 0.6 is 0 Å². The van der Waals surface area contributed by atoms with Crippen molar-refractivity contribution in [1.82, 2.24) is 29.4 Å². The van der Waals surface area contributed by atoms with E-state index in [-0.39, 0.29) is 31.2 Å². The quantitative estimate of drug-likeness (QED) is 0.637. The highest BCUT2D eigenvalue weighted by atomic mass is 32.2. The van der Waals surface area contributed by atoms with E-state index in [1.165, 1.54) is 4.31 Å². The van der Waals surface area contributed by atoms with E-state index in [1.54, 1.807) is 31.0 Å². The molecule has 1 aliphatic rings. The van der Waals surface area contributed by atoms with Crippen molar-refractivity contribution >= 4 is 27.0 Å². The molecule has 0 radical (unpaired) electrons. The maximum Gasteiger partial charge on any atom is 0.222 e. The van der Waals surface area contributed by atoms with Crippen molar-refractivity contribution in [3.05, 3.63) is 36.9 Å². The number of rotatable bonds is 6. The Hall–Kier alpha value is -2.72. The minimum absolute atomic E-state index is 0.0376. The molecule has 4 heterocycles. The number of aromatic amines is 1. The molecule has 4 rings (SSSR count). The molecule has 0 aliphatic carbocycles. The molecule has 0 unspecified atom stereocenters. The van der Waals surface area contributed by atoms with E-state index < -0.39 is 15.6 Å². The number of amides is 1. The van der Waals surface area contributed by atoms with Crippen molar-refractivity contribution < 1.29 is 13.2 Å². The lowest BCUT2D eigenvalue weighted by molar-refractivity contribution is -0.124. The summed E-state index contributed by atoms with van der Waals surface area (Å²) in [4.78, 5) is 19.5. The molecule has 0 atom stereocenters. The van der Waals surface area contributed by atoms with Crippen LogP contribution in [0.3, 0.4) is 0 Å². The summed E-state index contributed by atoms with van der Waals surface area (Å²) in [5.74, 6) is -0.113. The van der Waals surface area contributed by atoms with Crippen molar-refractivity contribution in [2.24, 2.45) is 0 Å². The molecule has 9 nitrogen and oxygen atoms in total. The van der Waals surface area contributed by atoms with Crippen LogP contribution in [0.1, 0.15) is 13.3 Å². The fourth-order valence-electron chi connectivity index (χ4n) is 3.65. The van der Waals surface area contributed by atoms with E-state index in [0.717, 1.165) is 22.2 Å². The maximum atomic E-state index is 12.2. The summed E-state index contributed by atoms with van der Waals surface area (Å²) in [6, 6.07) is 3.87. The van der Waals surface area contributed by atoms with Gasteiger partial charge in [0, 0.05) is 49.7 Å². The van der Waals surface area contributed by atoms with E-state index in [4.69, 9.17) is 0 Å². The predicted octanol–water partition coefficient (Wildman–Crippen LogP) is 0.923. The molecule has 2 N–H and O–H groups in total. The molecule has 148 valence electrons. The first kappa shape index (κ1) is 18.6. The Kier molecular flexibility index (Phi) is 4.47. The smallest absolute Gasteiger partial charge is 0.222 e. The maximum absolute atomic E-state index is 12.2. The van der Waals surface area contributed by atoms with Crippen molar-refractivity contribution in [3.63, 3.8) is 0 Å². The zero-order valence-electron chi connectivity index (χ0n) is 15.7. The summed E-state index contributed by atoms with van der Waals surface area (Å²) in [6.45, 7) is 2.08. The molecule has 1 saturated heterocycles. The van der Waals surface area contributed by atoms with Gasteiger partial charge in [-0.2, -0.15) is 9.40 Å². The van der Waals surface area contributed by atoms with Crippen LogP contribution in [0.4, 0.5) is 0 Å². The Morgan fingerprint density at radius 2 is 2.14 bits per heavy atom. The molecule has 3 aromatic heterocycles. The number of pyridine rings is 1. The van der Waals surface area contributed by atoms with Crippen molar-refractivity contribution in [3.8, 4) is 11.1 Å². The van der Waals surface area contributed by atoms with Crippen LogP contribution in [0.25, 0.3) is 22.2 Å². The van der Waals surface area contributed by atoms with E-state index in [0.29, 0.717) is 0 Å². The van der Waals surface area contributed by atoms with Gasteiger partial charge in [0.2, 0.25) is 15.9 Å². The SMILES string of the molecule is CCS(=O)(=O)N1CC(CC(=O)NC)(n2cc(-c3ccnc4[nH]ccc34)cn2)C1. The second-order valence-electron chi connectivity index (χ2n) is 7.01. The Bertz CT molecular complexity index is 1130. The monoisotopic (exact) mass is 402 g/mol. The summed E-state index contributed by atoms with van der Waals surface area (Å²) in [5.41, 5.74) is 1.96. The molecular weight excluding hydrogens is 380 g/mol. The van der Waals surface area contributed by atoms with E-state index in [9.17, 15) is 13.2 Å². The summed E-state index contributed by atoms with van der Waals surface area (Å²) in [5, 5.41) is 8.10. The van der Waals surface area contributed by atoms with Gasteiger partial charge in [0.05, 0.1) is 23.9 Å². The number of hydrogen-bond donors (Lipinski definition) is 2. The summed E-state index contributed by atoms with van der Waals surface area (Å²) >= 11 is 0. The van der Waals surface area contributed by atoms with Crippen LogP contribution in [-0.2, 0) is 20.4 Å². The van der Waals surface area contributed by atoms with E-state index in [1.807, 2.05) is 24.5 Å². The Balaban J connectivity index is 1.69. The average Bonchev–Trinajstić information content (AvgIpc) is 3.33. The molecule has 10 heteroatoms. The largest absolute Gasteiger partial charge is 0.359 e. The lowest BCUT2D eigenvalue weighted by atomic mass is 9.88. The van der Waals surface area contributed by atoms with Gasteiger partial charge in [-0.15, -0.1) is 0 Å². The third-order valence-corrected chi connectivity index (χ3v) is 7.08. The van der Waals surface area contributed by atoms with Gasteiger partial charge in [-0.1, -0.05) is 0 Å². The number of carbonyl (C=O) groups excluding carboxylic acids is 1. The normalized spacial score (nSPS) is 16.8. The molecule has 0 bridgehead atoms. The zero-order chi connectivity index (χ0) is 19.9. The number of carbonyl (C=O) groups is 1. The molecule has 0 spiro atoms. The minimum atomic E-state index is -3.30. The first-order chi connectivity index (χ1) is 13.4. The highest BCUT2D eigenvalue weighted by Gasteiger charge is 2.50. The van der Waals surface area contributed by atoms with Crippen LogP contribution in [-0.4, -0.2) is 64.3 Å². The number of nitrogens with zero attached hydrogens (tertiary/aromatic N) is 4. The molecule has 1 amide bonds. The Labute approximate surface area is 162 Å². The van der Waals surface area contributed by atoms with E-state index in [2.05, 4.69) is 20.4 Å². The van der Waals surface area contributed by atoms with E-state index >= 15 is 0 Å². The molecule has 28 heavy (non-hydrogen) atoms. The van der Waals surface area contributed by atoms with Gasteiger partial charge in [-0.25, -0.2) is 13.4 Å². The molecule has 0 aromatic carbocycles. The van der Waals surface area contributed by atoms with Crippen LogP contribution < -0.4 is 5.32 Å². The van der Waals surface area contributed by atoms with Gasteiger partial charge in [0.25, 0.3) is 0 Å². The van der Waals surface area contributed by atoms with Gasteiger partial charge >= 0.3 is 0 Å². The van der Waals surface area contributed by atoms with Gasteiger partial charge in [0.1, 0.15) is 5.65 Å². The molecular formula is C18H22N6O3S. The molecule has 0 saturated carbocycles. The van der Waals surface area contributed by atoms with Crippen LogP contribution in [0.2, 0.25) is 0 Å². The number of H-pyrrole nitrogens is 1. The minimum Gasteiger partial charge on any atom is -0.359 e. The van der Waals surface area contributed by atoms with Gasteiger partial charge in [0.15, 0.2) is 0 Å². The second kappa shape index (κ2) is 6.71. The molecule has 1 fully saturated rings. The Morgan fingerprint density at radius 3 is 2.86 bits per heavy atom. The van der Waals surface area contributed by atoms with Gasteiger partial charge < -0.3 is 10.3 Å². The van der Waals surface area contributed by atoms with Crippen molar-refractivity contribution in [1.29, 1.82) is 0 Å². The summed E-state index contributed by atoms with van der Waals surface area (Å²) in [6.07, 6.45) is 7.34. The number of sulfonamides is 1. The van der Waals surface area contributed by atoms with Crippen molar-refractivity contribution in [2.75, 3.05) is 25.9 Å². The zero-order valence-corrected chi connectivity index (χ0v) is 16.5. The topological polar surface area (TPSA) is 113 Å². The number of fused-ring (bicyclic) bond motifs is 1. The summed E-state index contributed by atoms with van der Waals surface area (Å²) < 4.78 is 27.5. The predicted molar refractivity (Wildman–Crippen MR) is 105 cm³/mol. The average molecular weight is 402 g/mol. The van der Waals surface area contributed by atoms with Crippen LogP contribution in [0.5, 0.6) is 0 Å². The fourth-order valence-corrected chi connectivity index (χ4v) is 4.89. The third-order valence-electron chi connectivity index (χ3n) is 5.31. The lowest BCUT2D eigenvalue weighted by Gasteiger charge is -2.48. The number of nitrogens with one attached hydrogen (secondary N) is 2. The standard InChI is InChI=1S/C18H22N6O3S/c1-3-28(26,27)23-11-18(12-23,8-16(25)19-2)24-10-13(9-22-24)14-4-6-20-17-15(14)5-7-21-17/h4-7,9-10H,3,8,11-12H2,1-2H3,(H,19,25)(H,20,21). The lowest BCUT2D eigenvalue weighted by Crippen LogP contribution is -2.65. The first-order valence-corrected chi connectivity index (χ1v) is 10.7. The highest BCUT2D eigenvalue weighted by Crippen LogP contribution is 2.36. The molecule has 1 aliphatic heterocycles. The van der Waals surface area contributed by atoms with Crippen molar-refractivity contribution in [2.45, 2.75) is 18.9 Å². The Morgan fingerprint density at radius 1 is 1.36 bits per heavy atom. The van der Waals surface area contributed by atoms with Crippen LogP contribution in [0, 0.1) is 0 Å². The third kappa shape index (κ3) is 2.98. The van der Waals surface area contributed by atoms with Crippen LogP contribution in [0.15, 0.2) is 36.9 Å². The molecule has 3 aromatic rings. The number of hydrogen-bond acceptors (Lipinski definition) is 5. The number of aromatic nitrogens is 4. The fraction of sp³-hybridized carbons (Fsp3) is 0.389. The van der Waals surface area contributed by atoms with Gasteiger partial charge in [-0.05, 0) is 24.6 Å². The summed E-state index contributed by atoms with van der Waals surface area (Å²) in [7, 11) is -1.73. The second-order valence-corrected chi connectivity index (χ2v) is 9.27. The highest BCUT2D eigenvalue weighted by molar-refractivity contribution is 7.89. The first-order valence-electron chi connectivity index (χ1n) is 9.04. The van der Waals surface area contributed by atoms with Gasteiger partial charge in [-0.3, -0.25) is 9.48 Å².